The Kier molecular flexibility index (Phi) is 2.47. The molecule has 2 heterocycles. The summed E-state index contributed by atoms with van der Waals surface area (Å²) >= 11 is 5.85. The SMILES string of the molecule is Cn1nncc1C(=O)c1ccncc1Cl. The topological polar surface area (TPSA) is 60.7 Å². The van der Waals surface area contributed by atoms with Crippen LogP contribution in [0.2, 0.25) is 5.02 Å². The lowest BCUT2D eigenvalue weighted by molar-refractivity contribution is 0.103. The van der Waals surface area contributed by atoms with Crippen LogP contribution in [0.1, 0.15) is 16.1 Å². The van der Waals surface area contributed by atoms with Crippen molar-refractivity contribution in [3.63, 3.8) is 0 Å². The van der Waals surface area contributed by atoms with E-state index in [1.807, 2.05) is 0 Å². The number of aromatic nitrogens is 4. The van der Waals surface area contributed by atoms with E-state index in [4.69, 9.17) is 11.6 Å². The molecule has 0 fully saturated rings. The molecule has 0 aliphatic heterocycles. The minimum Gasteiger partial charge on any atom is -0.287 e. The van der Waals surface area contributed by atoms with Gasteiger partial charge in [-0.2, -0.15) is 0 Å². The molecule has 15 heavy (non-hydrogen) atoms. The maximum Gasteiger partial charge on any atom is 0.214 e. The minimum absolute atomic E-state index is 0.213. The molecule has 76 valence electrons. The van der Waals surface area contributed by atoms with E-state index in [-0.39, 0.29) is 5.78 Å². The fourth-order valence-corrected chi connectivity index (χ4v) is 1.40. The first-order valence-electron chi connectivity index (χ1n) is 4.19. The van der Waals surface area contributed by atoms with E-state index in [2.05, 4.69) is 15.3 Å². The van der Waals surface area contributed by atoms with Gasteiger partial charge in [-0.05, 0) is 6.07 Å². The molecule has 2 aromatic heterocycles. The first-order valence-corrected chi connectivity index (χ1v) is 4.57. The summed E-state index contributed by atoms with van der Waals surface area (Å²) in [5.41, 5.74) is 0.792. The Morgan fingerprint density at radius 1 is 1.47 bits per heavy atom. The standard InChI is InChI=1S/C9H7ClN4O/c1-14-8(5-12-13-14)9(15)6-2-3-11-4-7(6)10/h2-5H,1H3. The van der Waals surface area contributed by atoms with Gasteiger partial charge in [-0.15, -0.1) is 5.10 Å². The summed E-state index contributed by atoms with van der Waals surface area (Å²) in [7, 11) is 1.65. The van der Waals surface area contributed by atoms with Crippen LogP contribution >= 0.6 is 11.6 Å². The monoisotopic (exact) mass is 222 g/mol. The van der Waals surface area contributed by atoms with Crippen molar-refractivity contribution in [2.75, 3.05) is 0 Å². The molecule has 0 aliphatic rings. The third kappa shape index (κ3) is 1.73. The number of hydrogen-bond acceptors (Lipinski definition) is 4. The number of pyridine rings is 1. The largest absolute Gasteiger partial charge is 0.287 e. The van der Waals surface area contributed by atoms with Crippen LogP contribution < -0.4 is 0 Å². The van der Waals surface area contributed by atoms with Gasteiger partial charge in [-0.25, -0.2) is 4.68 Å². The number of hydrogen-bond donors (Lipinski definition) is 0. The summed E-state index contributed by atoms with van der Waals surface area (Å²) in [5, 5.41) is 7.63. The van der Waals surface area contributed by atoms with Crippen molar-refractivity contribution in [2.24, 2.45) is 7.05 Å². The van der Waals surface area contributed by atoms with Gasteiger partial charge in [0, 0.05) is 25.0 Å². The molecule has 0 radical (unpaired) electrons. The van der Waals surface area contributed by atoms with Crippen LogP contribution in [0.4, 0.5) is 0 Å². The molecule has 0 saturated carbocycles. The average Bonchev–Trinajstić information content (AvgIpc) is 2.64. The van der Waals surface area contributed by atoms with Crippen molar-refractivity contribution in [3.05, 3.63) is 40.9 Å². The van der Waals surface area contributed by atoms with Crippen molar-refractivity contribution < 1.29 is 4.79 Å². The third-order valence-electron chi connectivity index (χ3n) is 1.96. The van der Waals surface area contributed by atoms with Crippen molar-refractivity contribution >= 4 is 17.4 Å². The number of halogens is 1. The Bertz CT molecular complexity index is 508. The molecule has 5 nitrogen and oxygen atoms in total. The highest BCUT2D eigenvalue weighted by Crippen LogP contribution is 2.16. The van der Waals surface area contributed by atoms with E-state index in [9.17, 15) is 4.79 Å². The number of nitrogens with zero attached hydrogens (tertiary/aromatic N) is 4. The second kappa shape index (κ2) is 3.78. The highest BCUT2D eigenvalue weighted by atomic mass is 35.5. The Balaban J connectivity index is 2.46. The first kappa shape index (κ1) is 9.79. The molecule has 0 spiro atoms. The fraction of sp³-hybridized carbons (Fsp3) is 0.111. The van der Waals surface area contributed by atoms with Gasteiger partial charge in [-0.1, -0.05) is 16.8 Å². The number of rotatable bonds is 2. The molecule has 2 rings (SSSR count). The lowest BCUT2D eigenvalue weighted by Gasteiger charge is -2.01. The zero-order valence-corrected chi connectivity index (χ0v) is 8.64. The molecule has 6 heteroatoms. The highest BCUT2D eigenvalue weighted by Gasteiger charge is 2.16. The van der Waals surface area contributed by atoms with Crippen molar-refractivity contribution in [1.29, 1.82) is 0 Å². The maximum atomic E-state index is 11.9. The molecule has 0 bridgehead atoms. The van der Waals surface area contributed by atoms with Gasteiger partial charge in [0.15, 0.2) is 0 Å². The van der Waals surface area contributed by atoms with E-state index in [1.165, 1.54) is 23.3 Å². The van der Waals surface area contributed by atoms with Gasteiger partial charge in [0.1, 0.15) is 5.69 Å². The normalized spacial score (nSPS) is 10.3. The zero-order valence-electron chi connectivity index (χ0n) is 7.88. The predicted molar refractivity (Wildman–Crippen MR) is 53.7 cm³/mol. The predicted octanol–water partition coefficient (Wildman–Crippen LogP) is 1.09. The van der Waals surface area contributed by atoms with Gasteiger partial charge < -0.3 is 0 Å². The molecule has 0 amide bonds. The van der Waals surface area contributed by atoms with Crippen LogP contribution in [-0.2, 0) is 7.05 Å². The Morgan fingerprint density at radius 3 is 2.87 bits per heavy atom. The number of ketones is 1. The van der Waals surface area contributed by atoms with Gasteiger partial charge in [-0.3, -0.25) is 9.78 Å². The van der Waals surface area contributed by atoms with Crippen molar-refractivity contribution in [1.82, 2.24) is 20.0 Å². The van der Waals surface area contributed by atoms with Gasteiger partial charge in [0.2, 0.25) is 5.78 Å². The van der Waals surface area contributed by atoms with Crippen molar-refractivity contribution in [3.8, 4) is 0 Å². The lowest BCUT2D eigenvalue weighted by atomic mass is 10.1. The second-order valence-electron chi connectivity index (χ2n) is 2.93. The number of carbonyl (C=O) groups excluding carboxylic acids is 1. The molecular weight excluding hydrogens is 216 g/mol. The second-order valence-corrected chi connectivity index (χ2v) is 3.33. The zero-order chi connectivity index (χ0) is 10.8. The van der Waals surface area contributed by atoms with E-state index < -0.39 is 0 Å². The van der Waals surface area contributed by atoms with Crippen LogP contribution in [-0.4, -0.2) is 25.8 Å². The van der Waals surface area contributed by atoms with Crippen molar-refractivity contribution in [2.45, 2.75) is 0 Å². The van der Waals surface area contributed by atoms with Gasteiger partial charge in [0.05, 0.1) is 11.2 Å². The maximum absolute atomic E-state index is 11.9. The molecule has 0 saturated heterocycles. The minimum atomic E-state index is -0.213. The molecule has 0 N–H and O–H groups in total. The average molecular weight is 223 g/mol. The summed E-state index contributed by atoms with van der Waals surface area (Å²) in [5.74, 6) is -0.213. The molecule has 0 aliphatic carbocycles. The van der Waals surface area contributed by atoms with Gasteiger partial charge >= 0.3 is 0 Å². The van der Waals surface area contributed by atoms with Crippen LogP contribution in [0, 0.1) is 0 Å². The fourth-order valence-electron chi connectivity index (χ4n) is 1.19. The van der Waals surface area contributed by atoms with Crippen LogP contribution in [0.3, 0.4) is 0 Å². The summed E-state index contributed by atoms with van der Waals surface area (Å²) in [4.78, 5) is 15.7. The van der Waals surface area contributed by atoms with E-state index in [0.717, 1.165) is 0 Å². The van der Waals surface area contributed by atoms with E-state index in [1.54, 1.807) is 13.1 Å². The van der Waals surface area contributed by atoms with Gasteiger partial charge in [0.25, 0.3) is 0 Å². The first-order chi connectivity index (χ1) is 7.20. The van der Waals surface area contributed by atoms with Crippen LogP contribution in [0.5, 0.6) is 0 Å². The van der Waals surface area contributed by atoms with E-state index in [0.29, 0.717) is 16.3 Å². The Hall–Kier alpha value is -1.75. The molecule has 0 atom stereocenters. The number of aryl methyl sites for hydroxylation is 1. The summed E-state index contributed by atoms with van der Waals surface area (Å²) in [6.45, 7) is 0. The third-order valence-corrected chi connectivity index (χ3v) is 2.27. The number of carbonyl (C=O) groups is 1. The summed E-state index contributed by atoms with van der Waals surface area (Å²) < 4.78 is 1.40. The molecular formula is C9H7ClN4O. The molecule has 0 aromatic carbocycles. The molecule has 0 unspecified atom stereocenters. The summed E-state index contributed by atoms with van der Waals surface area (Å²) in [6, 6.07) is 1.57. The quantitative estimate of drug-likeness (QED) is 0.714. The molecule has 2 aromatic rings. The highest BCUT2D eigenvalue weighted by molar-refractivity contribution is 6.34. The Morgan fingerprint density at radius 2 is 2.27 bits per heavy atom. The smallest absolute Gasteiger partial charge is 0.214 e. The summed E-state index contributed by atoms with van der Waals surface area (Å²) in [6.07, 6.45) is 4.35. The van der Waals surface area contributed by atoms with Crippen LogP contribution in [0.25, 0.3) is 0 Å². The Labute approximate surface area is 90.7 Å². The van der Waals surface area contributed by atoms with Crippen LogP contribution in [0.15, 0.2) is 24.7 Å². The lowest BCUT2D eigenvalue weighted by Crippen LogP contribution is -2.08. The van der Waals surface area contributed by atoms with E-state index >= 15 is 0 Å².